The maximum atomic E-state index is 6.13. The van der Waals surface area contributed by atoms with E-state index in [9.17, 15) is 0 Å². The first-order chi connectivity index (χ1) is 7.00. The minimum Gasteiger partial charge on any atom is -0.489 e. The van der Waals surface area contributed by atoms with Gasteiger partial charge >= 0.3 is 0 Å². The van der Waals surface area contributed by atoms with Gasteiger partial charge in [0.1, 0.15) is 12.4 Å². The minimum atomic E-state index is -0.358. The fourth-order valence-electron chi connectivity index (χ4n) is 1.89. The van der Waals surface area contributed by atoms with Crippen LogP contribution < -0.4 is 15.4 Å². The molecule has 1 heterocycles. The second-order valence-electron chi connectivity index (χ2n) is 4.65. The summed E-state index contributed by atoms with van der Waals surface area (Å²) >= 11 is 0. The standard InChI is InChI=1S/C12H18N2O/c1-12(2,13)9-5-4-6-10-11(9)15-8-7-14(10)3/h4-6H,7-8,13H2,1-3H3. The number of hydrogen-bond acceptors (Lipinski definition) is 3. The molecule has 1 aromatic carbocycles. The predicted octanol–water partition coefficient (Wildman–Crippen LogP) is 1.71. The molecule has 2 rings (SSSR count). The highest BCUT2D eigenvalue weighted by molar-refractivity contribution is 5.64. The Hall–Kier alpha value is -1.22. The third-order valence-electron chi connectivity index (χ3n) is 2.77. The molecular weight excluding hydrogens is 188 g/mol. The predicted molar refractivity (Wildman–Crippen MR) is 62.4 cm³/mol. The zero-order valence-corrected chi connectivity index (χ0v) is 9.58. The van der Waals surface area contributed by atoms with Gasteiger partial charge in [-0.3, -0.25) is 0 Å². The first-order valence-corrected chi connectivity index (χ1v) is 5.26. The van der Waals surface area contributed by atoms with E-state index in [0.717, 1.165) is 30.2 Å². The molecule has 0 bridgehead atoms. The van der Waals surface area contributed by atoms with Crippen molar-refractivity contribution >= 4 is 5.69 Å². The van der Waals surface area contributed by atoms with Crippen LogP contribution >= 0.6 is 0 Å². The lowest BCUT2D eigenvalue weighted by Crippen LogP contribution is -2.34. The third-order valence-corrected chi connectivity index (χ3v) is 2.77. The average Bonchev–Trinajstić information content (AvgIpc) is 2.16. The van der Waals surface area contributed by atoms with Crippen LogP contribution in [0.15, 0.2) is 18.2 Å². The van der Waals surface area contributed by atoms with Gasteiger partial charge in [0.05, 0.1) is 12.2 Å². The van der Waals surface area contributed by atoms with Crippen molar-refractivity contribution in [3.63, 3.8) is 0 Å². The monoisotopic (exact) mass is 206 g/mol. The molecule has 3 heteroatoms. The second kappa shape index (κ2) is 3.42. The van der Waals surface area contributed by atoms with Crippen LogP contribution in [-0.2, 0) is 5.54 Å². The van der Waals surface area contributed by atoms with Crippen molar-refractivity contribution in [2.45, 2.75) is 19.4 Å². The fourth-order valence-corrected chi connectivity index (χ4v) is 1.89. The van der Waals surface area contributed by atoms with E-state index in [0.29, 0.717) is 0 Å². The third kappa shape index (κ3) is 1.79. The molecule has 82 valence electrons. The van der Waals surface area contributed by atoms with Gasteiger partial charge in [-0.2, -0.15) is 0 Å². The minimum absolute atomic E-state index is 0.358. The molecule has 0 atom stereocenters. The zero-order valence-electron chi connectivity index (χ0n) is 9.58. The number of para-hydroxylation sites is 1. The molecule has 0 fully saturated rings. The Morgan fingerprint density at radius 1 is 1.40 bits per heavy atom. The van der Waals surface area contributed by atoms with E-state index in [1.165, 1.54) is 0 Å². The Labute approximate surface area is 90.8 Å². The van der Waals surface area contributed by atoms with Crippen molar-refractivity contribution in [2.24, 2.45) is 5.73 Å². The number of hydrogen-bond donors (Lipinski definition) is 1. The van der Waals surface area contributed by atoms with Crippen molar-refractivity contribution < 1.29 is 4.74 Å². The summed E-state index contributed by atoms with van der Waals surface area (Å²) in [6.45, 7) is 5.67. The van der Waals surface area contributed by atoms with Gasteiger partial charge in [0, 0.05) is 18.2 Å². The SMILES string of the molecule is CN1CCOc2c1cccc2C(C)(C)N. The topological polar surface area (TPSA) is 38.5 Å². The number of rotatable bonds is 1. The molecule has 3 nitrogen and oxygen atoms in total. The molecule has 2 N–H and O–H groups in total. The van der Waals surface area contributed by atoms with E-state index in [-0.39, 0.29) is 5.54 Å². The van der Waals surface area contributed by atoms with Crippen LogP contribution in [0.1, 0.15) is 19.4 Å². The number of nitrogens with two attached hydrogens (primary N) is 1. The molecule has 0 saturated carbocycles. The summed E-state index contributed by atoms with van der Waals surface area (Å²) in [6, 6.07) is 6.15. The van der Waals surface area contributed by atoms with Crippen molar-refractivity contribution in [3.8, 4) is 5.75 Å². The summed E-state index contributed by atoms with van der Waals surface area (Å²) in [6.07, 6.45) is 0. The number of nitrogens with zero attached hydrogens (tertiary/aromatic N) is 1. The van der Waals surface area contributed by atoms with E-state index in [1.807, 2.05) is 26.0 Å². The highest BCUT2D eigenvalue weighted by Crippen LogP contribution is 2.38. The quantitative estimate of drug-likeness (QED) is 0.760. The van der Waals surface area contributed by atoms with Crippen LogP contribution in [0, 0.1) is 0 Å². The molecule has 0 aromatic heterocycles. The Balaban J connectivity index is 2.54. The average molecular weight is 206 g/mol. The molecule has 0 saturated heterocycles. The van der Waals surface area contributed by atoms with E-state index >= 15 is 0 Å². The maximum absolute atomic E-state index is 6.13. The van der Waals surface area contributed by atoms with Crippen LogP contribution in [0.25, 0.3) is 0 Å². The molecule has 0 spiro atoms. The Bertz CT molecular complexity index is 368. The van der Waals surface area contributed by atoms with Crippen LogP contribution in [0.5, 0.6) is 5.75 Å². The summed E-state index contributed by atoms with van der Waals surface area (Å²) < 4.78 is 5.73. The van der Waals surface area contributed by atoms with Gasteiger partial charge < -0.3 is 15.4 Å². The molecule has 15 heavy (non-hydrogen) atoms. The van der Waals surface area contributed by atoms with Crippen molar-refractivity contribution in [1.29, 1.82) is 0 Å². The van der Waals surface area contributed by atoms with Gasteiger partial charge in [-0.25, -0.2) is 0 Å². The van der Waals surface area contributed by atoms with E-state index in [2.05, 4.69) is 18.0 Å². The molecule has 1 aliphatic rings. The second-order valence-corrected chi connectivity index (χ2v) is 4.65. The molecule has 0 radical (unpaired) electrons. The van der Waals surface area contributed by atoms with Gasteiger partial charge in [-0.15, -0.1) is 0 Å². The number of anilines is 1. The van der Waals surface area contributed by atoms with Gasteiger partial charge in [0.2, 0.25) is 0 Å². The molecule has 0 aliphatic carbocycles. The first kappa shape index (κ1) is 10.3. The number of benzene rings is 1. The molecule has 1 aliphatic heterocycles. The lowest BCUT2D eigenvalue weighted by Gasteiger charge is -2.32. The van der Waals surface area contributed by atoms with Gasteiger partial charge in [-0.05, 0) is 19.9 Å². The smallest absolute Gasteiger partial charge is 0.147 e. The van der Waals surface area contributed by atoms with Crippen LogP contribution in [0.2, 0.25) is 0 Å². The Kier molecular flexibility index (Phi) is 2.35. The summed E-state index contributed by atoms with van der Waals surface area (Å²) in [5.74, 6) is 0.943. The van der Waals surface area contributed by atoms with E-state index in [4.69, 9.17) is 10.5 Å². The van der Waals surface area contributed by atoms with Crippen molar-refractivity contribution in [2.75, 3.05) is 25.1 Å². The van der Waals surface area contributed by atoms with Gasteiger partial charge in [0.15, 0.2) is 0 Å². The summed E-state index contributed by atoms with van der Waals surface area (Å²) in [7, 11) is 2.08. The molecule has 0 amide bonds. The number of likely N-dealkylation sites (N-methyl/N-ethyl adjacent to an activating group) is 1. The summed E-state index contributed by atoms with van der Waals surface area (Å²) in [5, 5.41) is 0. The van der Waals surface area contributed by atoms with Crippen LogP contribution in [0.4, 0.5) is 5.69 Å². The lowest BCUT2D eigenvalue weighted by atomic mass is 9.93. The van der Waals surface area contributed by atoms with Crippen molar-refractivity contribution in [1.82, 2.24) is 0 Å². The van der Waals surface area contributed by atoms with Crippen LogP contribution in [0.3, 0.4) is 0 Å². The highest BCUT2D eigenvalue weighted by atomic mass is 16.5. The normalized spacial score (nSPS) is 15.9. The van der Waals surface area contributed by atoms with Gasteiger partial charge in [-0.1, -0.05) is 12.1 Å². The first-order valence-electron chi connectivity index (χ1n) is 5.26. The molecule has 0 unspecified atom stereocenters. The van der Waals surface area contributed by atoms with Crippen molar-refractivity contribution in [3.05, 3.63) is 23.8 Å². The van der Waals surface area contributed by atoms with Crippen LogP contribution in [-0.4, -0.2) is 20.2 Å². The Morgan fingerprint density at radius 3 is 2.80 bits per heavy atom. The highest BCUT2D eigenvalue weighted by Gasteiger charge is 2.25. The van der Waals surface area contributed by atoms with E-state index in [1.54, 1.807) is 0 Å². The number of ether oxygens (including phenoxy) is 1. The lowest BCUT2D eigenvalue weighted by molar-refractivity contribution is 0.301. The Morgan fingerprint density at radius 2 is 2.13 bits per heavy atom. The summed E-state index contributed by atoms with van der Waals surface area (Å²) in [5.41, 5.74) is 7.98. The fraction of sp³-hybridized carbons (Fsp3) is 0.500. The zero-order chi connectivity index (χ0) is 11.1. The maximum Gasteiger partial charge on any atom is 0.147 e. The largest absolute Gasteiger partial charge is 0.489 e. The summed E-state index contributed by atoms with van der Waals surface area (Å²) in [4.78, 5) is 2.20. The van der Waals surface area contributed by atoms with Gasteiger partial charge in [0.25, 0.3) is 0 Å². The molecular formula is C12H18N2O. The number of fused-ring (bicyclic) bond motifs is 1. The molecule has 1 aromatic rings. The van der Waals surface area contributed by atoms with E-state index < -0.39 is 0 Å².